The number of piperidine rings is 2. The Morgan fingerprint density at radius 3 is 2.02 bits per heavy atom. The van der Waals surface area contributed by atoms with Crippen molar-refractivity contribution >= 4 is 17.6 Å². The summed E-state index contributed by atoms with van der Waals surface area (Å²) >= 11 is 0. The molecule has 3 saturated heterocycles. The van der Waals surface area contributed by atoms with Gasteiger partial charge in [0, 0.05) is 48.3 Å². The van der Waals surface area contributed by atoms with Crippen molar-refractivity contribution in [1.29, 1.82) is 0 Å². The monoisotopic (exact) mass is 536 g/mol. The van der Waals surface area contributed by atoms with E-state index in [4.69, 9.17) is 9.47 Å². The molecule has 40 heavy (non-hydrogen) atoms. The summed E-state index contributed by atoms with van der Waals surface area (Å²) in [5, 5.41) is 0. The summed E-state index contributed by atoms with van der Waals surface area (Å²) in [7, 11) is 0. The van der Waals surface area contributed by atoms with Gasteiger partial charge in [-0.3, -0.25) is 4.79 Å². The lowest BCUT2D eigenvalue weighted by molar-refractivity contribution is 0.00651. The number of fused-ring (bicyclic) bond motifs is 5. The molecule has 6 heteroatoms. The van der Waals surface area contributed by atoms with Crippen LogP contribution in [0.2, 0.25) is 0 Å². The highest BCUT2D eigenvalue weighted by Gasteiger charge is 2.44. The van der Waals surface area contributed by atoms with E-state index in [2.05, 4.69) is 65.6 Å². The van der Waals surface area contributed by atoms with E-state index in [-0.39, 0.29) is 35.8 Å². The Balaban J connectivity index is 1.02. The molecule has 3 aromatic rings. The fourth-order valence-corrected chi connectivity index (χ4v) is 7.46. The molecule has 7 rings (SSSR count). The summed E-state index contributed by atoms with van der Waals surface area (Å²) in [5.41, 5.74) is 6.82. The van der Waals surface area contributed by atoms with Gasteiger partial charge in [0.2, 0.25) is 0 Å². The second kappa shape index (κ2) is 10.7. The molecular formula is C34H36N2O4. The van der Waals surface area contributed by atoms with E-state index in [9.17, 15) is 9.59 Å². The fraction of sp³-hybridized carbons (Fsp3) is 0.412. The normalized spacial score (nSPS) is 23.9. The van der Waals surface area contributed by atoms with E-state index in [1.807, 2.05) is 17.0 Å². The number of carbonyl (C=O) groups is 2. The molecule has 2 atom stereocenters. The van der Waals surface area contributed by atoms with Gasteiger partial charge >= 0.3 is 6.09 Å². The van der Waals surface area contributed by atoms with Crippen molar-refractivity contribution in [3.05, 3.63) is 89.5 Å². The maximum Gasteiger partial charge on any atom is 0.410 e. The Kier molecular flexibility index (Phi) is 6.80. The van der Waals surface area contributed by atoms with Crippen molar-refractivity contribution in [2.24, 2.45) is 5.92 Å². The minimum atomic E-state index is -0.225. The molecule has 2 bridgehead atoms. The van der Waals surface area contributed by atoms with E-state index in [0.717, 1.165) is 56.8 Å². The number of ketones is 1. The lowest BCUT2D eigenvalue weighted by atomic mass is 9.76. The van der Waals surface area contributed by atoms with Gasteiger partial charge in [-0.2, -0.15) is 0 Å². The van der Waals surface area contributed by atoms with Crippen LogP contribution in [0.5, 0.6) is 0 Å². The van der Waals surface area contributed by atoms with Gasteiger partial charge in [0.15, 0.2) is 5.78 Å². The second-order valence-electron chi connectivity index (χ2n) is 11.6. The second-order valence-corrected chi connectivity index (χ2v) is 11.6. The van der Waals surface area contributed by atoms with E-state index < -0.39 is 0 Å². The number of rotatable bonds is 5. The molecule has 4 aliphatic rings. The topological polar surface area (TPSA) is 59.1 Å². The number of Topliss-reactive ketones (excluding diaryl/α,β-unsaturated/α-hetero) is 1. The largest absolute Gasteiger partial charge is 0.448 e. The van der Waals surface area contributed by atoms with Gasteiger partial charge in [-0.25, -0.2) is 4.79 Å². The number of morpholine rings is 1. The quantitative estimate of drug-likeness (QED) is 0.359. The van der Waals surface area contributed by atoms with E-state index in [1.54, 1.807) is 0 Å². The first-order chi connectivity index (χ1) is 19.7. The third-order valence-electron chi connectivity index (χ3n) is 9.42. The number of carbonyl (C=O) groups excluding carboxylic acids is 2. The first kappa shape index (κ1) is 25.3. The minimum absolute atomic E-state index is 0.0516. The molecule has 2 unspecified atom stereocenters. The molecule has 6 nitrogen and oxygen atoms in total. The highest BCUT2D eigenvalue weighted by atomic mass is 16.6. The molecule has 1 aliphatic carbocycles. The smallest absolute Gasteiger partial charge is 0.410 e. The van der Waals surface area contributed by atoms with Crippen molar-refractivity contribution in [3.8, 4) is 11.1 Å². The van der Waals surface area contributed by atoms with Gasteiger partial charge in [0.25, 0.3) is 0 Å². The first-order valence-corrected chi connectivity index (χ1v) is 14.8. The third kappa shape index (κ3) is 4.58. The summed E-state index contributed by atoms with van der Waals surface area (Å²) in [4.78, 5) is 31.4. The van der Waals surface area contributed by atoms with Crippen molar-refractivity contribution in [3.63, 3.8) is 0 Å². The summed E-state index contributed by atoms with van der Waals surface area (Å²) in [5.74, 6) is 0.204. The predicted octanol–water partition coefficient (Wildman–Crippen LogP) is 6.29. The van der Waals surface area contributed by atoms with E-state index in [1.165, 1.54) is 22.3 Å². The van der Waals surface area contributed by atoms with Gasteiger partial charge in [-0.05, 0) is 78.6 Å². The van der Waals surface area contributed by atoms with E-state index in [0.29, 0.717) is 19.4 Å². The first-order valence-electron chi connectivity index (χ1n) is 14.8. The van der Waals surface area contributed by atoms with Gasteiger partial charge in [0.1, 0.15) is 6.61 Å². The number of benzene rings is 3. The molecular weight excluding hydrogens is 500 g/mol. The molecule has 1 amide bonds. The van der Waals surface area contributed by atoms with Crippen LogP contribution in [-0.4, -0.2) is 61.8 Å². The van der Waals surface area contributed by atoms with Crippen molar-refractivity contribution in [2.45, 2.75) is 50.1 Å². The molecule has 0 saturated carbocycles. The Bertz CT molecular complexity index is 1340. The third-order valence-corrected chi connectivity index (χ3v) is 9.42. The van der Waals surface area contributed by atoms with Gasteiger partial charge in [-0.1, -0.05) is 48.5 Å². The maximum atomic E-state index is 13.6. The molecule has 3 aliphatic heterocycles. The minimum Gasteiger partial charge on any atom is -0.448 e. The van der Waals surface area contributed by atoms with Crippen molar-refractivity contribution < 1.29 is 19.1 Å². The summed E-state index contributed by atoms with van der Waals surface area (Å²) in [6.45, 7) is 3.58. The van der Waals surface area contributed by atoms with Crippen LogP contribution in [0.3, 0.4) is 0 Å². The SMILES string of the molecule is O=C(c1ccc(N2CCOCC2)cc1)C1CC2CCCC(C1)N2C(=O)OCC1c2ccccc2-c2ccccc21. The molecule has 3 aromatic carbocycles. The number of amides is 1. The maximum absolute atomic E-state index is 13.6. The molecule has 0 aromatic heterocycles. The number of hydrogen-bond donors (Lipinski definition) is 0. The molecule has 206 valence electrons. The summed E-state index contributed by atoms with van der Waals surface area (Å²) < 4.78 is 11.5. The lowest BCUT2D eigenvalue weighted by Crippen LogP contribution is -2.55. The van der Waals surface area contributed by atoms with Crippen molar-refractivity contribution in [2.75, 3.05) is 37.8 Å². The predicted molar refractivity (Wildman–Crippen MR) is 155 cm³/mol. The van der Waals surface area contributed by atoms with Crippen LogP contribution in [0.4, 0.5) is 10.5 Å². The van der Waals surface area contributed by atoms with Crippen LogP contribution in [0.25, 0.3) is 11.1 Å². The van der Waals surface area contributed by atoms with Crippen LogP contribution < -0.4 is 4.90 Å². The highest BCUT2D eigenvalue weighted by molar-refractivity contribution is 5.98. The Hall–Kier alpha value is -3.64. The van der Waals surface area contributed by atoms with Crippen LogP contribution in [0.1, 0.15) is 59.5 Å². The molecule has 3 fully saturated rings. The Labute approximate surface area is 235 Å². The zero-order valence-corrected chi connectivity index (χ0v) is 22.8. The number of ether oxygens (including phenoxy) is 2. The van der Waals surface area contributed by atoms with Crippen LogP contribution in [-0.2, 0) is 9.47 Å². The Morgan fingerprint density at radius 1 is 0.800 bits per heavy atom. The number of nitrogens with zero attached hydrogens (tertiary/aromatic N) is 2. The van der Waals surface area contributed by atoms with Crippen LogP contribution >= 0.6 is 0 Å². The average molecular weight is 537 g/mol. The average Bonchev–Trinajstić information content (AvgIpc) is 3.33. The van der Waals surface area contributed by atoms with Crippen LogP contribution in [0.15, 0.2) is 72.8 Å². The highest BCUT2D eigenvalue weighted by Crippen LogP contribution is 2.45. The molecule has 3 heterocycles. The number of anilines is 1. The molecule has 0 radical (unpaired) electrons. The zero-order chi connectivity index (χ0) is 27.1. The van der Waals surface area contributed by atoms with E-state index >= 15 is 0 Å². The fourth-order valence-electron chi connectivity index (χ4n) is 7.46. The Morgan fingerprint density at radius 2 is 1.40 bits per heavy atom. The van der Waals surface area contributed by atoms with Crippen molar-refractivity contribution in [1.82, 2.24) is 4.90 Å². The molecule has 0 spiro atoms. The van der Waals surface area contributed by atoms with Crippen LogP contribution in [0, 0.1) is 5.92 Å². The lowest BCUT2D eigenvalue weighted by Gasteiger charge is -2.47. The van der Waals surface area contributed by atoms with Gasteiger partial charge in [-0.15, -0.1) is 0 Å². The zero-order valence-electron chi connectivity index (χ0n) is 22.8. The van der Waals surface area contributed by atoms with Gasteiger partial charge in [0.05, 0.1) is 13.2 Å². The van der Waals surface area contributed by atoms with Gasteiger partial charge < -0.3 is 19.3 Å². The molecule has 0 N–H and O–H groups in total. The standard InChI is InChI=1S/C34H36N2O4/c37-33(23-12-14-25(15-13-23)35-16-18-39-19-17-35)24-20-26-6-5-7-27(21-24)36(26)34(38)40-22-32-30-10-3-1-8-28(30)29-9-2-4-11-31(29)32/h1-4,8-15,24,26-27,32H,5-7,16-22H2. The summed E-state index contributed by atoms with van der Waals surface area (Å²) in [6, 6.07) is 25.0. The summed E-state index contributed by atoms with van der Waals surface area (Å²) in [6.07, 6.45) is 4.16. The number of hydrogen-bond acceptors (Lipinski definition) is 5.